The van der Waals surface area contributed by atoms with E-state index in [1.54, 1.807) is 12.0 Å². The second kappa shape index (κ2) is 8.81. The number of Topliss-reactive ketones (excluding diaryl/α,β-unsaturated/α-hetero) is 1. The van der Waals surface area contributed by atoms with Gasteiger partial charge in [0.25, 0.3) is 11.7 Å². The number of methoxy groups -OCH3 is 1. The van der Waals surface area contributed by atoms with Crippen molar-refractivity contribution in [1.29, 1.82) is 0 Å². The van der Waals surface area contributed by atoms with Gasteiger partial charge in [-0.25, -0.2) is 0 Å². The van der Waals surface area contributed by atoms with Crippen LogP contribution in [0.5, 0.6) is 5.75 Å². The van der Waals surface area contributed by atoms with Crippen molar-refractivity contribution < 1.29 is 19.4 Å². The minimum absolute atomic E-state index is 0.00347. The monoisotopic (exact) mass is 433 g/mol. The molecule has 2 aromatic carbocycles. The van der Waals surface area contributed by atoms with E-state index < -0.39 is 17.7 Å². The second-order valence-corrected chi connectivity index (χ2v) is 9.02. The second-order valence-electron chi connectivity index (χ2n) is 9.02. The van der Waals surface area contributed by atoms with Gasteiger partial charge in [-0.2, -0.15) is 0 Å². The van der Waals surface area contributed by atoms with Crippen LogP contribution in [0.25, 0.3) is 5.76 Å². The van der Waals surface area contributed by atoms with Crippen molar-refractivity contribution in [3.8, 4) is 5.75 Å². The van der Waals surface area contributed by atoms with Crippen LogP contribution >= 0.6 is 0 Å². The molecule has 1 unspecified atom stereocenters. The lowest BCUT2D eigenvalue weighted by atomic mass is 9.89. The Morgan fingerprint density at radius 1 is 1.00 bits per heavy atom. The third-order valence-corrected chi connectivity index (χ3v) is 6.81. The minimum atomic E-state index is -0.623. The molecule has 1 atom stereocenters. The van der Waals surface area contributed by atoms with Gasteiger partial charge in [-0.3, -0.25) is 9.59 Å². The quantitative estimate of drug-likeness (QED) is 0.400. The van der Waals surface area contributed by atoms with Crippen LogP contribution in [0.2, 0.25) is 0 Å². The van der Waals surface area contributed by atoms with Crippen LogP contribution in [-0.4, -0.2) is 34.8 Å². The Morgan fingerprint density at radius 3 is 2.34 bits per heavy atom. The number of likely N-dealkylation sites (tertiary alicyclic amines) is 1. The van der Waals surface area contributed by atoms with E-state index in [9.17, 15) is 14.7 Å². The summed E-state index contributed by atoms with van der Waals surface area (Å²) < 4.78 is 5.58. The van der Waals surface area contributed by atoms with E-state index in [1.807, 2.05) is 57.2 Å². The van der Waals surface area contributed by atoms with E-state index in [0.717, 1.165) is 54.4 Å². The Hall–Kier alpha value is -3.08. The molecule has 1 saturated heterocycles. The predicted octanol–water partition coefficient (Wildman–Crippen LogP) is 5.37. The Labute approximate surface area is 189 Å². The van der Waals surface area contributed by atoms with Crippen LogP contribution in [-0.2, 0) is 9.59 Å². The number of aliphatic hydroxyl groups is 1. The molecule has 0 spiro atoms. The smallest absolute Gasteiger partial charge is 0.295 e. The molecule has 0 aromatic heterocycles. The molecular weight excluding hydrogens is 402 g/mol. The molecule has 2 aromatic rings. The van der Waals surface area contributed by atoms with Gasteiger partial charge in [-0.05, 0) is 61.9 Å². The van der Waals surface area contributed by atoms with E-state index >= 15 is 0 Å². The average Bonchev–Trinajstić information content (AvgIpc) is 3.04. The number of carbonyl (C=O) groups excluding carboxylic acids is 2. The summed E-state index contributed by atoms with van der Waals surface area (Å²) >= 11 is 0. The van der Waals surface area contributed by atoms with Crippen LogP contribution in [0.3, 0.4) is 0 Å². The number of carbonyl (C=O) groups is 2. The molecule has 1 aliphatic carbocycles. The van der Waals surface area contributed by atoms with E-state index in [0.29, 0.717) is 11.3 Å². The molecule has 2 aliphatic rings. The van der Waals surface area contributed by atoms with Gasteiger partial charge in [0.05, 0.1) is 24.3 Å². The molecule has 1 N–H and O–H groups in total. The van der Waals surface area contributed by atoms with Gasteiger partial charge in [0.1, 0.15) is 11.5 Å². The van der Waals surface area contributed by atoms with Gasteiger partial charge in [0.2, 0.25) is 0 Å². The molecule has 1 saturated carbocycles. The zero-order valence-electron chi connectivity index (χ0n) is 19.3. The number of aryl methyl sites for hydroxylation is 3. The van der Waals surface area contributed by atoms with E-state index in [2.05, 4.69) is 0 Å². The van der Waals surface area contributed by atoms with Crippen molar-refractivity contribution in [3.05, 3.63) is 69.8 Å². The maximum Gasteiger partial charge on any atom is 0.295 e. The SMILES string of the molecule is COc1c(C)cc(C)cc1/C(O)=C1\C(=O)C(=O)N(C2CCCCC2)C1c1ccccc1C. The summed E-state index contributed by atoms with van der Waals surface area (Å²) in [6.45, 7) is 5.82. The van der Waals surface area contributed by atoms with E-state index in [4.69, 9.17) is 4.74 Å². The van der Waals surface area contributed by atoms with Gasteiger partial charge in [0, 0.05) is 6.04 Å². The molecule has 5 heteroatoms. The van der Waals surface area contributed by atoms with Gasteiger partial charge >= 0.3 is 0 Å². The predicted molar refractivity (Wildman–Crippen MR) is 125 cm³/mol. The Bertz CT molecular complexity index is 1090. The Morgan fingerprint density at radius 2 is 1.69 bits per heavy atom. The number of rotatable bonds is 4. The van der Waals surface area contributed by atoms with Crippen molar-refractivity contribution in [2.24, 2.45) is 0 Å². The van der Waals surface area contributed by atoms with E-state index in [-0.39, 0.29) is 17.4 Å². The molecule has 1 heterocycles. The zero-order valence-corrected chi connectivity index (χ0v) is 19.3. The number of nitrogens with zero attached hydrogens (tertiary/aromatic N) is 1. The topological polar surface area (TPSA) is 66.8 Å². The van der Waals surface area contributed by atoms with Gasteiger partial charge in [-0.15, -0.1) is 0 Å². The molecule has 0 radical (unpaired) electrons. The highest BCUT2D eigenvalue weighted by atomic mass is 16.5. The first kappa shape index (κ1) is 22.1. The van der Waals surface area contributed by atoms with Crippen molar-refractivity contribution in [2.75, 3.05) is 7.11 Å². The van der Waals surface area contributed by atoms with Gasteiger partial charge in [0.15, 0.2) is 0 Å². The summed E-state index contributed by atoms with van der Waals surface area (Å²) in [5, 5.41) is 11.5. The fourth-order valence-electron chi connectivity index (χ4n) is 5.33. The summed E-state index contributed by atoms with van der Waals surface area (Å²) in [5.74, 6) is -0.795. The van der Waals surface area contributed by atoms with Crippen LogP contribution in [0.1, 0.15) is 66.0 Å². The van der Waals surface area contributed by atoms with Crippen molar-refractivity contribution in [2.45, 2.75) is 65.0 Å². The van der Waals surface area contributed by atoms with Crippen LogP contribution in [0, 0.1) is 20.8 Å². The fraction of sp³-hybridized carbons (Fsp3) is 0.407. The molecule has 2 fully saturated rings. The lowest BCUT2D eigenvalue weighted by molar-refractivity contribution is -0.141. The summed E-state index contributed by atoms with van der Waals surface area (Å²) in [6, 6.07) is 11.0. The number of hydrogen-bond acceptors (Lipinski definition) is 4. The Kier molecular flexibility index (Phi) is 6.09. The fourth-order valence-corrected chi connectivity index (χ4v) is 5.33. The normalized spacial score (nSPS) is 21.2. The average molecular weight is 434 g/mol. The van der Waals surface area contributed by atoms with Gasteiger partial charge in [-0.1, -0.05) is 49.6 Å². The largest absolute Gasteiger partial charge is 0.507 e. The van der Waals surface area contributed by atoms with E-state index in [1.165, 1.54) is 0 Å². The van der Waals surface area contributed by atoms with Crippen LogP contribution < -0.4 is 4.74 Å². The first-order valence-corrected chi connectivity index (χ1v) is 11.4. The lowest BCUT2D eigenvalue weighted by Crippen LogP contribution is -2.40. The highest BCUT2D eigenvalue weighted by Crippen LogP contribution is 2.45. The standard InChI is InChI=1S/C27H31NO4/c1-16-14-18(3)26(32-4)21(15-16)24(29)22-23(20-13-9-8-10-17(20)2)28(27(31)25(22)30)19-11-6-5-7-12-19/h8-10,13-15,19,23,29H,5-7,11-12H2,1-4H3/b24-22+. The van der Waals surface area contributed by atoms with Crippen molar-refractivity contribution in [1.82, 2.24) is 4.90 Å². The van der Waals surface area contributed by atoms with Crippen molar-refractivity contribution in [3.63, 3.8) is 0 Å². The third kappa shape index (κ3) is 3.70. The van der Waals surface area contributed by atoms with Crippen LogP contribution in [0.4, 0.5) is 0 Å². The molecular formula is C27H31NO4. The number of ether oxygens (including phenoxy) is 1. The number of ketones is 1. The number of amides is 1. The maximum atomic E-state index is 13.4. The number of aliphatic hydroxyl groups excluding tert-OH is 1. The Balaban J connectivity index is 1.96. The highest BCUT2D eigenvalue weighted by molar-refractivity contribution is 6.46. The molecule has 1 amide bonds. The molecule has 0 bridgehead atoms. The van der Waals surface area contributed by atoms with Gasteiger partial charge < -0.3 is 14.7 Å². The lowest BCUT2D eigenvalue weighted by Gasteiger charge is -2.36. The number of benzene rings is 2. The summed E-state index contributed by atoms with van der Waals surface area (Å²) in [7, 11) is 1.55. The maximum absolute atomic E-state index is 13.4. The molecule has 5 nitrogen and oxygen atoms in total. The third-order valence-electron chi connectivity index (χ3n) is 6.81. The summed E-state index contributed by atoms with van der Waals surface area (Å²) in [4.78, 5) is 28.5. The summed E-state index contributed by atoms with van der Waals surface area (Å²) in [5.41, 5.74) is 4.27. The minimum Gasteiger partial charge on any atom is -0.507 e. The molecule has 4 rings (SSSR count). The highest BCUT2D eigenvalue weighted by Gasteiger charge is 2.49. The molecule has 1 aliphatic heterocycles. The molecule has 168 valence electrons. The van der Waals surface area contributed by atoms with Crippen molar-refractivity contribution >= 4 is 17.4 Å². The first-order chi connectivity index (χ1) is 15.3. The summed E-state index contributed by atoms with van der Waals surface area (Å²) in [6.07, 6.45) is 4.98. The first-order valence-electron chi connectivity index (χ1n) is 11.4. The molecule has 32 heavy (non-hydrogen) atoms. The number of hydrogen-bond donors (Lipinski definition) is 1. The zero-order chi connectivity index (χ0) is 23.0. The van der Waals surface area contributed by atoms with Crippen LogP contribution in [0.15, 0.2) is 42.0 Å².